The molecule has 1 rings (SSSR count). The van der Waals surface area contributed by atoms with Crippen LogP contribution in [0.2, 0.25) is 0 Å². The zero-order chi connectivity index (χ0) is 12.7. The number of aromatic nitrogens is 2. The minimum Gasteiger partial charge on any atom is -0.383 e. The molecule has 0 bridgehead atoms. The smallest absolute Gasteiger partial charge is 0.134 e. The number of nitrogens with zero attached hydrogens (tertiary/aromatic N) is 2. The van der Waals surface area contributed by atoms with E-state index in [2.05, 4.69) is 27.5 Å². The number of anilines is 2. The molecule has 2 N–H and O–H groups in total. The van der Waals surface area contributed by atoms with Gasteiger partial charge in [0, 0.05) is 25.8 Å². The Morgan fingerprint density at radius 3 is 2.18 bits per heavy atom. The predicted molar refractivity (Wildman–Crippen MR) is 70.7 cm³/mol. The van der Waals surface area contributed by atoms with Gasteiger partial charge in [0.1, 0.15) is 17.5 Å². The minimum atomic E-state index is 0.667. The molecule has 0 aromatic carbocycles. The molecule has 0 aliphatic heterocycles. The van der Waals surface area contributed by atoms with E-state index >= 15 is 0 Å². The molecule has 1 aromatic heterocycles. The standard InChI is InChI=1S/C12H22N4O/c1-5-6-13-11-9(2)12(14-7-8-17-4)16-10(3)15-11/h5-8H2,1-4H3,(H2,13,14,15,16). The lowest BCUT2D eigenvalue weighted by Gasteiger charge is -2.13. The van der Waals surface area contributed by atoms with Crippen molar-refractivity contribution in [2.75, 3.05) is 37.4 Å². The van der Waals surface area contributed by atoms with Crippen LogP contribution < -0.4 is 10.6 Å². The summed E-state index contributed by atoms with van der Waals surface area (Å²) in [5.74, 6) is 2.57. The second-order valence-corrected chi connectivity index (χ2v) is 3.94. The van der Waals surface area contributed by atoms with Crippen molar-refractivity contribution in [3.05, 3.63) is 11.4 Å². The van der Waals surface area contributed by atoms with Crippen LogP contribution in [0.4, 0.5) is 11.6 Å². The molecule has 0 aliphatic rings. The Bertz CT molecular complexity index is 355. The Morgan fingerprint density at radius 1 is 1.06 bits per heavy atom. The molecule has 0 amide bonds. The highest BCUT2D eigenvalue weighted by molar-refractivity contribution is 5.57. The van der Waals surface area contributed by atoms with Gasteiger partial charge in [0.05, 0.1) is 6.61 Å². The van der Waals surface area contributed by atoms with E-state index in [0.29, 0.717) is 6.61 Å². The van der Waals surface area contributed by atoms with Gasteiger partial charge in [-0.25, -0.2) is 9.97 Å². The molecule has 1 aromatic rings. The Balaban J connectivity index is 2.77. The second-order valence-electron chi connectivity index (χ2n) is 3.94. The number of hydrogen-bond donors (Lipinski definition) is 2. The Labute approximate surface area is 103 Å². The number of aryl methyl sites for hydroxylation is 1. The lowest BCUT2D eigenvalue weighted by molar-refractivity contribution is 0.210. The largest absolute Gasteiger partial charge is 0.383 e. The van der Waals surface area contributed by atoms with Gasteiger partial charge in [0.15, 0.2) is 0 Å². The molecule has 0 atom stereocenters. The average Bonchev–Trinajstić information content (AvgIpc) is 2.31. The molecule has 0 unspecified atom stereocenters. The normalized spacial score (nSPS) is 10.4. The van der Waals surface area contributed by atoms with Gasteiger partial charge < -0.3 is 15.4 Å². The van der Waals surface area contributed by atoms with Gasteiger partial charge in [-0.15, -0.1) is 0 Å². The lowest BCUT2D eigenvalue weighted by Crippen LogP contribution is -2.13. The summed E-state index contributed by atoms with van der Waals surface area (Å²) in [5.41, 5.74) is 1.06. The topological polar surface area (TPSA) is 59.1 Å². The van der Waals surface area contributed by atoms with Gasteiger partial charge >= 0.3 is 0 Å². The van der Waals surface area contributed by atoms with Crippen LogP contribution in [0.25, 0.3) is 0 Å². The number of nitrogens with one attached hydrogen (secondary N) is 2. The summed E-state index contributed by atoms with van der Waals surface area (Å²) in [4.78, 5) is 8.80. The molecule has 96 valence electrons. The van der Waals surface area contributed by atoms with Gasteiger partial charge in [0.2, 0.25) is 0 Å². The zero-order valence-electron chi connectivity index (χ0n) is 11.1. The molecule has 17 heavy (non-hydrogen) atoms. The first-order valence-electron chi connectivity index (χ1n) is 6.01. The van der Waals surface area contributed by atoms with Crippen molar-refractivity contribution in [3.63, 3.8) is 0 Å². The lowest BCUT2D eigenvalue weighted by atomic mass is 10.3. The minimum absolute atomic E-state index is 0.667. The third kappa shape index (κ3) is 4.19. The first-order valence-corrected chi connectivity index (χ1v) is 6.01. The van der Waals surface area contributed by atoms with Crippen LogP contribution in [0, 0.1) is 13.8 Å². The van der Waals surface area contributed by atoms with E-state index in [1.807, 2.05) is 13.8 Å². The van der Waals surface area contributed by atoms with Gasteiger partial charge in [-0.2, -0.15) is 0 Å². The summed E-state index contributed by atoms with van der Waals surface area (Å²) in [5, 5.41) is 6.57. The van der Waals surface area contributed by atoms with Gasteiger partial charge in [-0.1, -0.05) is 6.92 Å². The van der Waals surface area contributed by atoms with Crippen molar-refractivity contribution in [2.24, 2.45) is 0 Å². The molecule has 5 heteroatoms. The molecule has 0 aliphatic carbocycles. The van der Waals surface area contributed by atoms with E-state index in [1.54, 1.807) is 7.11 Å². The zero-order valence-corrected chi connectivity index (χ0v) is 11.1. The fourth-order valence-corrected chi connectivity index (χ4v) is 1.49. The monoisotopic (exact) mass is 238 g/mol. The van der Waals surface area contributed by atoms with Crippen LogP contribution in [0.3, 0.4) is 0 Å². The molecule has 1 heterocycles. The van der Waals surface area contributed by atoms with Crippen LogP contribution in [0.15, 0.2) is 0 Å². The molecule has 0 spiro atoms. The Morgan fingerprint density at radius 2 is 1.65 bits per heavy atom. The van der Waals surface area contributed by atoms with Crippen molar-refractivity contribution in [3.8, 4) is 0 Å². The van der Waals surface area contributed by atoms with Crippen LogP contribution in [-0.2, 0) is 4.74 Å². The van der Waals surface area contributed by atoms with Crippen LogP contribution in [0.1, 0.15) is 24.7 Å². The average molecular weight is 238 g/mol. The maximum Gasteiger partial charge on any atom is 0.134 e. The number of rotatable bonds is 7. The number of hydrogen-bond acceptors (Lipinski definition) is 5. The van der Waals surface area contributed by atoms with Crippen molar-refractivity contribution >= 4 is 11.6 Å². The van der Waals surface area contributed by atoms with Crippen molar-refractivity contribution in [2.45, 2.75) is 27.2 Å². The van der Waals surface area contributed by atoms with Crippen LogP contribution in [0.5, 0.6) is 0 Å². The summed E-state index contributed by atoms with van der Waals surface area (Å²) in [6, 6.07) is 0. The molecule has 0 saturated heterocycles. The van der Waals surface area contributed by atoms with E-state index in [4.69, 9.17) is 4.74 Å². The van der Waals surface area contributed by atoms with E-state index in [9.17, 15) is 0 Å². The van der Waals surface area contributed by atoms with E-state index in [0.717, 1.165) is 42.5 Å². The maximum atomic E-state index is 5.01. The van der Waals surface area contributed by atoms with Crippen LogP contribution in [-0.4, -0.2) is 36.8 Å². The summed E-state index contributed by atoms with van der Waals surface area (Å²) in [6.45, 7) is 8.40. The molecular formula is C12H22N4O. The summed E-state index contributed by atoms with van der Waals surface area (Å²) < 4.78 is 5.01. The van der Waals surface area contributed by atoms with Crippen molar-refractivity contribution < 1.29 is 4.74 Å². The van der Waals surface area contributed by atoms with E-state index in [-0.39, 0.29) is 0 Å². The maximum absolute atomic E-state index is 5.01. The molecule has 0 saturated carbocycles. The summed E-state index contributed by atoms with van der Waals surface area (Å²) in [7, 11) is 1.69. The molecular weight excluding hydrogens is 216 g/mol. The first kappa shape index (κ1) is 13.7. The quantitative estimate of drug-likeness (QED) is 0.711. The van der Waals surface area contributed by atoms with E-state index in [1.165, 1.54) is 0 Å². The molecule has 5 nitrogen and oxygen atoms in total. The SMILES string of the molecule is CCCNc1nc(C)nc(NCCOC)c1C. The highest BCUT2D eigenvalue weighted by atomic mass is 16.5. The fourth-order valence-electron chi connectivity index (χ4n) is 1.49. The number of methoxy groups -OCH3 is 1. The van der Waals surface area contributed by atoms with Crippen molar-refractivity contribution in [1.82, 2.24) is 9.97 Å². The highest BCUT2D eigenvalue weighted by Crippen LogP contribution is 2.19. The van der Waals surface area contributed by atoms with Crippen molar-refractivity contribution in [1.29, 1.82) is 0 Å². The van der Waals surface area contributed by atoms with Gasteiger partial charge in [-0.05, 0) is 20.3 Å². The Kier molecular flexibility index (Phi) is 5.69. The third-order valence-corrected chi connectivity index (χ3v) is 2.40. The van der Waals surface area contributed by atoms with Gasteiger partial charge in [0.25, 0.3) is 0 Å². The van der Waals surface area contributed by atoms with Gasteiger partial charge in [-0.3, -0.25) is 0 Å². The molecule has 0 radical (unpaired) electrons. The van der Waals surface area contributed by atoms with E-state index < -0.39 is 0 Å². The number of ether oxygens (including phenoxy) is 1. The fraction of sp³-hybridized carbons (Fsp3) is 0.667. The second kappa shape index (κ2) is 7.06. The van der Waals surface area contributed by atoms with Crippen LogP contribution >= 0.6 is 0 Å². The first-order chi connectivity index (χ1) is 8.19. The molecule has 0 fully saturated rings. The summed E-state index contributed by atoms with van der Waals surface area (Å²) in [6.07, 6.45) is 1.08. The highest BCUT2D eigenvalue weighted by Gasteiger charge is 2.07. The summed E-state index contributed by atoms with van der Waals surface area (Å²) >= 11 is 0. The Hall–Kier alpha value is -1.36. The third-order valence-electron chi connectivity index (χ3n) is 2.40. The predicted octanol–water partition coefficient (Wildman–Crippen LogP) is 1.97.